The molecule has 0 aliphatic carbocycles. The van der Waals surface area contributed by atoms with Gasteiger partial charge in [-0.25, -0.2) is 0 Å². The Bertz CT molecular complexity index is 83.4. The van der Waals surface area contributed by atoms with Crippen molar-refractivity contribution in [1.29, 1.82) is 0 Å². The highest BCUT2D eigenvalue weighted by Gasteiger charge is 1.87. The van der Waals surface area contributed by atoms with Crippen LogP contribution in [0.15, 0.2) is 0 Å². The van der Waals surface area contributed by atoms with Gasteiger partial charge in [0.15, 0.2) is 6.79 Å². The first-order valence-electron chi connectivity index (χ1n) is 4.04. The molecular weight excluding hydrogens is 144 g/mol. The van der Waals surface area contributed by atoms with E-state index in [-0.39, 0.29) is 6.79 Å². The maximum atomic E-state index is 9.64. The van der Waals surface area contributed by atoms with E-state index in [9.17, 15) is 4.79 Å². The second kappa shape index (κ2) is 9.43. The second-order valence-electron chi connectivity index (χ2n) is 2.35. The average molecular weight is 160 g/mol. The average Bonchev–Trinajstić information content (AvgIpc) is 2.03. The van der Waals surface area contributed by atoms with Crippen molar-refractivity contribution >= 4 is 6.47 Å². The molecule has 3 heteroatoms. The lowest BCUT2D eigenvalue weighted by Crippen LogP contribution is -1.99. The van der Waals surface area contributed by atoms with E-state index in [0.717, 1.165) is 6.42 Å². The maximum absolute atomic E-state index is 9.64. The fourth-order valence-corrected chi connectivity index (χ4v) is 0.766. The number of hydrogen-bond donors (Lipinski definition) is 0. The molecule has 0 unspecified atom stereocenters. The van der Waals surface area contributed by atoms with Crippen molar-refractivity contribution in [2.24, 2.45) is 0 Å². The molecule has 0 bridgehead atoms. The van der Waals surface area contributed by atoms with E-state index in [2.05, 4.69) is 11.7 Å². The molecule has 0 aromatic rings. The Morgan fingerprint density at radius 1 is 1.27 bits per heavy atom. The molecule has 0 heterocycles. The van der Waals surface area contributed by atoms with Crippen molar-refractivity contribution in [2.45, 2.75) is 32.6 Å². The van der Waals surface area contributed by atoms with Gasteiger partial charge >= 0.3 is 0 Å². The topological polar surface area (TPSA) is 35.5 Å². The summed E-state index contributed by atoms with van der Waals surface area (Å²) in [5, 5.41) is 0. The summed E-state index contributed by atoms with van der Waals surface area (Å²) in [6, 6.07) is 0. The fraction of sp³-hybridized carbons (Fsp3) is 0.875. The lowest BCUT2D eigenvalue weighted by Gasteiger charge is -2.00. The maximum Gasteiger partial charge on any atom is 0.295 e. The zero-order chi connectivity index (χ0) is 8.36. The second-order valence-corrected chi connectivity index (χ2v) is 2.35. The molecule has 0 fully saturated rings. The zero-order valence-electron chi connectivity index (χ0n) is 7.04. The fourth-order valence-electron chi connectivity index (χ4n) is 0.766. The van der Waals surface area contributed by atoms with Crippen LogP contribution in [0.25, 0.3) is 0 Å². The number of hydrogen-bond acceptors (Lipinski definition) is 3. The standard InChI is InChI=1S/C8H16O3/c1-2-3-4-5-6-10-8-11-7-9/h7H,2-6,8H2,1H3. The summed E-state index contributed by atoms with van der Waals surface area (Å²) in [4.78, 5) is 9.64. The van der Waals surface area contributed by atoms with E-state index in [1.807, 2.05) is 0 Å². The SMILES string of the molecule is CCCCCCOCOC=O. The van der Waals surface area contributed by atoms with Crippen LogP contribution in [0.2, 0.25) is 0 Å². The van der Waals surface area contributed by atoms with Crippen LogP contribution >= 0.6 is 0 Å². The highest BCUT2D eigenvalue weighted by atomic mass is 16.7. The molecule has 0 spiro atoms. The van der Waals surface area contributed by atoms with Crippen LogP contribution in [0, 0.1) is 0 Å². The summed E-state index contributed by atoms with van der Waals surface area (Å²) >= 11 is 0. The van der Waals surface area contributed by atoms with Crippen LogP contribution in [0.3, 0.4) is 0 Å². The van der Waals surface area contributed by atoms with Gasteiger partial charge in [-0.1, -0.05) is 26.2 Å². The van der Waals surface area contributed by atoms with Crippen LogP contribution < -0.4 is 0 Å². The summed E-state index contributed by atoms with van der Waals surface area (Å²) in [5.41, 5.74) is 0. The van der Waals surface area contributed by atoms with E-state index in [0.29, 0.717) is 13.1 Å². The van der Waals surface area contributed by atoms with Gasteiger partial charge in [-0.3, -0.25) is 4.79 Å². The largest absolute Gasteiger partial charge is 0.441 e. The zero-order valence-corrected chi connectivity index (χ0v) is 7.04. The molecule has 0 aliphatic rings. The molecule has 0 aromatic heterocycles. The minimum absolute atomic E-state index is 0.0929. The van der Waals surface area contributed by atoms with Crippen LogP contribution in [0.5, 0.6) is 0 Å². The van der Waals surface area contributed by atoms with E-state index < -0.39 is 0 Å². The predicted octanol–water partition coefficient (Wildman–Crippen LogP) is 1.71. The van der Waals surface area contributed by atoms with Gasteiger partial charge in [0.2, 0.25) is 0 Å². The van der Waals surface area contributed by atoms with Crippen molar-refractivity contribution in [3.05, 3.63) is 0 Å². The van der Waals surface area contributed by atoms with E-state index in [4.69, 9.17) is 4.74 Å². The third-order valence-corrected chi connectivity index (χ3v) is 1.36. The van der Waals surface area contributed by atoms with Crippen LogP contribution in [0.1, 0.15) is 32.6 Å². The lowest BCUT2D eigenvalue weighted by atomic mass is 10.2. The number of carbonyl (C=O) groups excluding carboxylic acids is 1. The Kier molecular flexibility index (Phi) is 8.94. The number of unbranched alkanes of at least 4 members (excludes halogenated alkanes) is 3. The number of carbonyl (C=O) groups is 1. The van der Waals surface area contributed by atoms with Crippen molar-refractivity contribution in [1.82, 2.24) is 0 Å². The van der Waals surface area contributed by atoms with Crippen LogP contribution in [0.4, 0.5) is 0 Å². The van der Waals surface area contributed by atoms with Crippen molar-refractivity contribution in [2.75, 3.05) is 13.4 Å². The Morgan fingerprint density at radius 3 is 2.73 bits per heavy atom. The van der Waals surface area contributed by atoms with Crippen molar-refractivity contribution < 1.29 is 14.3 Å². The molecule has 0 aromatic carbocycles. The smallest absolute Gasteiger partial charge is 0.295 e. The molecular formula is C8H16O3. The van der Waals surface area contributed by atoms with Gasteiger partial charge in [-0.2, -0.15) is 0 Å². The first-order valence-corrected chi connectivity index (χ1v) is 4.04. The molecule has 0 N–H and O–H groups in total. The predicted molar refractivity (Wildman–Crippen MR) is 42.1 cm³/mol. The summed E-state index contributed by atoms with van der Waals surface area (Å²) in [6.07, 6.45) is 4.72. The van der Waals surface area contributed by atoms with Gasteiger partial charge in [0.05, 0.1) is 6.61 Å². The van der Waals surface area contributed by atoms with Gasteiger partial charge in [0.25, 0.3) is 6.47 Å². The molecule has 11 heavy (non-hydrogen) atoms. The van der Waals surface area contributed by atoms with E-state index in [1.165, 1.54) is 19.3 Å². The first kappa shape index (κ1) is 10.4. The Balaban J connectivity index is 2.74. The molecule has 0 atom stereocenters. The summed E-state index contributed by atoms with van der Waals surface area (Å²) in [6.45, 7) is 3.34. The van der Waals surface area contributed by atoms with Gasteiger partial charge in [0.1, 0.15) is 0 Å². The van der Waals surface area contributed by atoms with Crippen LogP contribution in [-0.4, -0.2) is 19.9 Å². The monoisotopic (exact) mass is 160 g/mol. The highest BCUT2D eigenvalue weighted by molar-refractivity contribution is 5.36. The summed E-state index contributed by atoms with van der Waals surface area (Å²) < 4.78 is 9.30. The highest BCUT2D eigenvalue weighted by Crippen LogP contribution is 1.98. The minimum Gasteiger partial charge on any atom is -0.441 e. The Hall–Kier alpha value is -0.570. The van der Waals surface area contributed by atoms with Crippen LogP contribution in [-0.2, 0) is 14.3 Å². The first-order chi connectivity index (χ1) is 5.41. The van der Waals surface area contributed by atoms with Gasteiger partial charge in [0, 0.05) is 0 Å². The quantitative estimate of drug-likeness (QED) is 0.308. The molecule has 0 aliphatic heterocycles. The lowest BCUT2D eigenvalue weighted by molar-refractivity contribution is -0.140. The van der Waals surface area contributed by atoms with E-state index >= 15 is 0 Å². The van der Waals surface area contributed by atoms with Crippen molar-refractivity contribution in [3.8, 4) is 0 Å². The normalized spacial score (nSPS) is 9.55. The molecule has 0 rings (SSSR count). The molecule has 3 nitrogen and oxygen atoms in total. The molecule has 0 saturated carbocycles. The third kappa shape index (κ3) is 9.43. The summed E-state index contributed by atoms with van der Waals surface area (Å²) in [7, 11) is 0. The molecule has 66 valence electrons. The number of rotatable bonds is 8. The Labute approximate surface area is 67.7 Å². The van der Waals surface area contributed by atoms with E-state index in [1.54, 1.807) is 0 Å². The number of ether oxygens (including phenoxy) is 2. The Morgan fingerprint density at radius 2 is 2.09 bits per heavy atom. The molecule has 0 amide bonds. The van der Waals surface area contributed by atoms with Gasteiger partial charge < -0.3 is 9.47 Å². The third-order valence-electron chi connectivity index (χ3n) is 1.36. The minimum atomic E-state index is 0.0929. The molecule has 0 radical (unpaired) electrons. The summed E-state index contributed by atoms with van der Waals surface area (Å²) in [5.74, 6) is 0. The van der Waals surface area contributed by atoms with Crippen molar-refractivity contribution in [3.63, 3.8) is 0 Å². The molecule has 0 saturated heterocycles. The van der Waals surface area contributed by atoms with Gasteiger partial charge in [-0.15, -0.1) is 0 Å². The van der Waals surface area contributed by atoms with Gasteiger partial charge in [-0.05, 0) is 6.42 Å².